The second kappa shape index (κ2) is 6.56. The highest BCUT2D eigenvalue weighted by Gasteiger charge is 2.20. The molecule has 144 valence electrons. The Bertz CT molecular complexity index is 1160. The number of fused-ring (bicyclic) bond motifs is 1. The number of aromatic amines is 1. The summed E-state index contributed by atoms with van der Waals surface area (Å²) >= 11 is 0. The van der Waals surface area contributed by atoms with E-state index in [-0.39, 0.29) is 15.9 Å². The molecule has 3 aromatic rings. The summed E-state index contributed by atoms with van der Waals surface area (Å²) in [5, 5.41) is 0.743. The van der Waals surface area contributed by atoms with Gasteiger partial charge in [0.05, 0.1) is 11.5 Å². The highest BCUT2D eigenvalue weighted by Crippen LogP contribution is 2.37. The molecule has 0 amide bonds. The Morgan fingerprint density at radius 1 is 1.15 bits per heavy atom. The van der Waals surface area contributed by atoms with Gasteiger partial charge in [0.1, 0.15) is 11.3 Å². The largest absolute Gasteiger partial charge is 0.492 e. The predicted molar refractivity (Wildman–Crippen MR) is 107 cm³/mol. The fraction of sp³-hybridized carbons (Fsp3) is 0.350. The first-order valence-corrected chi connectivity index (χ1v) is 10.5. The van der Waals surface area contributed by atoms with Gasteiger partial charge >= 0.3 is 0 Å². The van der Waals surface area contributed by atoms with Gasteiger partial charge in [-0.25, -0.2) is 8.42 Å². The Morgan fingerprint density at radius 2 is 1.85 bits per heavy atom. The zero-order valence-corrected chi connectivity index (χ0v) is 17.0. The molecule has 2 aromatic heterocycles. The van der Waals surface area contributed by atoms with Crippen LogP contribution < -0.4 is 10.3 Å². The van der Waals surface area contributed by atoms with Crippen molar-refractivity contribution in [1.29, 1.82) is 0 Å². The maximum absolute atomic E-state index is 12.2. The van der Waals surface area contributed by atoms with E-state index in [1.165, 1.54) is 6.26 Å². The molecule has 0 radical (unpaired) electrons. The number of nitrogens with one attached hydrogen (secondary N) is 1. The van der Waals surface area contributed by atoms with Crippen LogP contribution in [0, 0.1) is 5.41 Å². The lowest BCUT2D eigenvalue weighted by Gasteiger charge is -2.20. The third kappa shape index (κ3) is 3.93. The van der Waals surface area contributed by atoms with Crippen molar-refractivity contribution in [2.75, 3.05) is 12.9 Å². The molecule has 6 nitrogen and oxygen atoms in total. The van der Waals surface area contributed by atoms with Crippen molar-refractivity contribution < 1.29 is 13.2 Å². The average Bonchev–Trinajstić information content (AvgIpc) is 2.89. The normalized spacial score (nSPS) is 12.5. The summed E-state index contributed by atoms with van der Waals surface area (Å²) in [6, 6.07) is 6.66. The van der Waals surface area contributed by atoms with Crippen LogP contribution in [0.2, 0.25) is 0 Å². The molecule has 1 N–H and O–H groups in total. The molecule has 0 saturated heterocycles. The quantitative estimate of drug-likeness (QED) is 0.743. The van der Waals surface area contributed by atoms with Crippen molar-refractivity contribution in [3.05, 3.63) is 47.0 Å². The van der Waals surface area contributed by atoms with E-state index < -0.39 is 9.84 Å². The molecular formula is C20H24N2O4S. The van der Waals surface area contributed by atoms with Crippen molar-refractivity contribution in [3.63, 3.8) is 0 Å². The van der Waals surface area contributed by atoms with E-state index in [9.17, 15) is 13.2 Å². The first-order valence-electron chi connectivity index (χ1n) is 8.61. The Kier molecular flexibility index (Phi) is 4.67. The minimum absolute atomic E-state index is 0.0529. The lowest BCUT2D eigenvalue weighted by Crippen LogP contribution is -2.17. The molecule has 0 atom stereocenters. The van der Waals surface area contributed by atoms with E-state index in [0.717, 1.165) is 10.9 Å². The van der Waals surface area contributed by atoms with E-state index in [1.807, 2.05) is 12.3 Å². The van der Waals surface area contributed by atoms with Crippen LogP contribution in [0.4, 0.5) is 0 Å². The van der Waals surface area contributed by atoms with Crippen molar-refractivity contribution >= 4 is 20.7 Å². The van der Waals surface area contributed by atoms with Crippen LogP contribution in [0.3, 0.4) is 0 Å². The van der Waals surface area contributed by atoms with Crippen LogP contribution in [0.5, 0.6) is 5.75 Å². The van der Waals surface area contributed by atoms with Gasteiger partial charge in [-0.05, 0) is 29.7 Å². The molecule has 0 aliphatic rings. The van der Waals surface area contributed by atoms with Gasteiger partial charge in [0, 0.05) is 42.2 Å². The fourth-order valence-corrected chi connectivity index (χ4v) is 3.60. The van der Waals surface area contributed by atoms with Crippen molar-refractivity contribution in [1.82, 2.24) is 9.55 Å². The van der Waals surface area contributed by atoms with Gasteiger partial charge in [0.2, 0.25) is 0 Å². The highest BCUT2D eigenvalue weighted by atomic mass is 32.2. The van der Waals surface area contributed by atoms with Gasteiger partial charge in [-0.2, -0.15) is 0 Å². The Hall–Kier alpha value is -2.54. The number of benzene rings is 1. The summed E-state index contributed by atoms with van der Waals surface area (Å²) in [4.78, 5) is 15.1. The zero-order chi connectivity index (χ0) is 20.0. The smallest absolute Gasteiger partial charge is 0.272 e. The van der Waals surface area contributed by atoms with Gasteiger partial charge in [0.25, 0.3) is 5.56 Å². The lowest BCUT2D eigenvalue weighted by molar-refractivity contribution is 0.198. The fourth-order valence-electron chi connectivity index (χ4n) is 2.95. The zero-order valence-electron chi connectivity index (χ0n) is 16.2. The number of H-pyrrole nitrogens is 1. The number of rotatable bonds is 4. The average molecular weight is 388 g/mol. The maximum Gasteiger partial charge on any atom is 0.272 e. The number of nitrogens with zero attached hydrogens (tertiary/aromatic N) is 1. The van der Waals surface area contributed by atoms with E-state index in [2.05, 4.69) is 25.8 Å². The predicted octanol–water partition coefficient (Wildman–Crippen LogP) is 3.36. The number of hydrogen-bond acceptors (Lipinski definition) is 4. The summed E-state index contributed by atoms with van der Waals surface area (Å²) in [6.45, 7) is 6.67. The summed E-state index contributed by atoms with van der Waals surface area (Å²) in [5.41, 5.74) is 1.69. The number of ether oxygens (including phenoxy) is 1. The third-order valence-corrected chi connectivity index (χ3v) is 5.34. The van der Waals surface area contributed by atoms with Gasteiger partial charge in [-0.15, -0.1) is 0 Å². The van der Waals surface area contributed by atoms with E-state index >= 15 is 0 Å². The molecule has 2 heterocycles. The molecular weight excluding hydrogens is 364 g/mol. The summed E-state index contributed by atoms with van der Waals surface area (Å²) in [6.07, 6.45) is 4.59. The summed E-state index contributed by atoms with van der Waals surface area (Å²) < 4.78 is 31.9. The van der Waals surface area contributed by atoms with Crippen LogP contribution in [0.25, 0.3) is 22.0 Å². The maximum atomic E-state index is 12.2. The summed E-state index contributed by atoms with van der Waals surface area (Å²) in [5.74, 6) is 0.588. The molecule has 1 aromatic carbocycles. The number of sulfone groups is 1. The number of aromatic nitrogens is 2. The molecule has 0 fully saturated rings. The van der Waals surface area contributed by atoms with Crippen LogP contribution in [-0.4, -0.2) is 30.8 Å². The SMILES string of the molecule is Cn1cc(-c2cc(S(C)(=O)=O)ccc2OCC(C)(C)C)c2cc[nH]c(=O)c21. The molecule has 0 aliphatic heterocycles. The second-order valence-electron chi connectivity index (χ2n) is 8.00. The number of pyridine rings is 1. The molecule has 27 heavy (non-hydrogen) atoms. The lowest BCUT2D eigenvalue weighted by atomic mass is 9.98. The summed E-state index contributed by atoms with van der Waals surface area (Å²) in [7, 11) is -1.59. The molecule has 0 saturated carbocycles. The molecule has 7 heteroatoms. The minimum atomic E-state index is -3.38. The van der Waals surface area contributed by atoms with E-state index in [0.29, 0.717) is 23.4 Å². The van der Waals surface area contributed by atoms with Gasteiger partial charge < -0.3 is 14.3 Å². The van der Waals surface area contributed by atoms with Crippen LogP contribution >= 0.6 is 0 Å². The monoisotopic (exact) mass is 388 g/mol. The highest BCUT2D eigenvalue weighted by molar-refractivity contribution is 7.90. The third-order valence-electron chi connectivity index (χ3n) is 4.23. The van der Waals surface area contributed by atoms with E-state index in [1.54, 1.807) is 36.0 Å². The number of aryl methyl sites for hydroxylation is 1. The van der Waals surface area contributed by atoms with Crippen molar-refractivity contribution in [2.45, 2.75) is 25.7 Å². The van der Waals surface area contributed by atoms with Crippen LogP contribution in [0.15, 0.2) is 46.3 Å². The van der Waals surface area contributed by atoms with Gasteiger partial charge in [-0.3, -0.25) is 4.79 Å². The molecule has 0 aliphatic carbocycles. The van der Waals surface area contributed by atoms with Crippen LogP contribution in [-0.2, 0) is 16.9 Å². The second-order valence-corrected chi connectivity index (χ2v) is 10.0. The van der Waals surface area contributed by atoms with Gasteiger partial charge in [-0.1, -0.05) is 20.8 Å². The van der Waals surface area contributed by atoms with E-state index in [4.69, 9.17) is 4.74 Å². The van der Waals surface area contributed by atoms with Gasteiger partial charge in [0.15, 0.2) is 9.84 Å². The standard InChI is InChI=1S/C20H24N2O4S/c1-20(2,3)12-26-17-7-6-13(27(5,24)25)10-15(17)16-11-22(4)18-14(16)8-9-21-19(18)23/h6-11H,12H2,1-5H3,(H,21,23). The van der Waals surface area contributed by atoms with Crippen molar-refractivity contribution in [3.8, 4) is 16.9 Å². The van der Waals surface area contributed by atoms with Crippen LogP contribution in [0.1, 0.15) is 20.8 Å². The Morgan fingerprint density at radius 3 is 2.48 bits per heavy atom. The molecule has 3 rings (SSSR count). The minimum Gasteiger partial charge on any atom is -0.492 e. The molecule has 0 unspecified atom stereocenters. The first kappa shape index (κ1) is 19.2. The number of hydrogen-bond donors (Lipinski definition) is 1. The topological polar surface area (TPSA) is 81.2 Å². The molecule has 0 spiro atoms. The Labute approximate surface area is 158 Å². The first-order chi connectivity index (χ1) is 12.5. The van der Waals surface area contributed by atoms with Crippen molar-refractivity contribution in [2.24, 2.45) is 12.5 Å². The molecule has 0 bridgehead atoms. The Balaban J connectivity index is 2.26.